The number of carbonyl (C=O) groups is 3. The number of fused-ring (bicyclic) bond motifs is 3. The van der Waals surface area contributed by atoms with Gasteiger partial charge in [0.25, 0.3) is 0 Å². The predicted octanol–water partition coefficient (Wildman–Crippen LogP) is 5.71. The molecule has 0 spiro atoms. The molecule has 5 nitrogen and oxygen atoms in total. The van der Waals surface area contributed by atoms with Crippen LogP contribution in [-0.2, 0) is 19.2 Å². The van der Waals surface area contributed by atoms with Crippen molar-refractivity contribution in [2.45, 2.75) is 115 Å². The molecule has 5 heteroatoms. The fraction of sp³-hybridized carbons (Fsp3) is 0.808. The number of rotatable bonds is 0. The topological polar surface area (TPSA) is 63.7 Å². The number of ketones is 2. The highest BCUT2D eigenvalue weighted by atomic mass is 16.7. The summed E-state index contributed by atoms with van der Waals surface area (Å²) in [5, 5.41) is 1.16. The molecule has 0 radical (unpaired) electrons. The van der Waals surface area contributed by atoms with Crippen LogP contribution >= 0.6 is 0 Å². The molecule has 2 aliphatic heterocycles. The van der Waals surface area contributed by atoms with Crippen LogP contribution in [0.15, 0.2) is 12.2 Å². The molecule has 3 atom stereocenters. The van der Waals surface area contributed by atoms with Crippen LogP contribution in [0.2, 0.25) is 0 Å². The first-order valence-electron chi connectivity index (χ1n) is 12.8. The molecule has 0 N–H and O–H groups in total. The lowest BCUT2D eigenvalue weighted by Crippen LogP contribution is -2.51. The highest BCUT2D eigenvalue weighted by molar-refractivity contribution is 6.37. The van der Waals surface area contributed by atoms with E-state index < -0.39 is 11.9 Å². The number of hydrogen-bond donors (Lipinski definition) is 0. The van der Waals surface area contributed by atoms with E-state index in [1.54, 1.807) is 0 Å². The normalized spacial score (nSPS) is 31.0. The monoisotopic (exact) mass is 431 g/mol. The Bertz CT molecular complexity index is 629. The zero-order valence-electron chi connectivity index (χ0n) is 19.2. The van der Waals surface area contributed by atoms with Crippen LogP contribution in [0.4, 0.5) is 0 Å². The Morgan fingerprint density at radius 1 is 0.742 bits per heavy atom. The Morgan fingerprint density at radius 3 is 2.29 bits per heavy atom. The minimum absolute atomic E-state index is 0.0520. The molecule has 0 aromatic rings. The molecular weight excluding hydrogens is 390 g/mol. The van der Waals surface area contributed by atoms with Gasteiger partial charge in [-0.3, -0.25) is 19.2 Å². The van der Waals surface area contributed by atoms with E-state index in [1.807, 2.05) is 0 Å². The Labute approximate surface area is 187 Å². The van der Waals surface area contributed by atoms with Crippen LogP contribution in [-0.4, -0.2) is 35.2 Å². The zero-order chi connectivity index (χ0) is 21.9. The molecule has 1 saturated carbocycles. The number of hydroxylamine groups is 2. The largest absolute Gasteiger partial charge is 0.314 e. The SMILES string of the molecule is O=C1C(=O)N2OCCCC2C(=O)CCCCCCCC=CCCCCC2CCCC1C2. The van der Waals surface area contributed by atoms with E-state index in [0.29, 0.717) is 25.4 Å². The van der Waals surface area contributed by atoms with Gasteiger partial charge >= 0.3 is 5.91 Å². The van der Waals surface area contributed by atoms with Gasteiger partial charge in [0, 0.05) is 12.3 Å². The smallest absolute Gasteiger partial charge is 0.297 e. The first kappa shape index (κ1) is 24.2. The maximum absolute atomic E-state index is 13.0. The van der Waals surface area contributed by atoms with Crippen LogP contribution in [0, 0.1) is 11.8 Å². The molecule has 2 heterocycles. The van der Waals surface area contributed by atoms with E-state index in [9.17, 15) is 14.4 Å². The summed E-state index contributed by atoms with van der Waals surface area (Å²) < 4.78 is 0. The van der Waals surface area contributed by atoms with Crippen LogP contribution in [0.5, 0.6) is 0 Å². The van der Waals surface area contributed by atoms with Gasteiger partial charge < -0.3 is 0 Å². The molecule has 1 amide bonds. The van der Waals surface area contributed by atoms with E-state index in [4.69, 9.17) is 4.84 Å². The number of allylic oxidation sites excluding steroid dienone is 2. The number of amides is 1. The van der Waals surface area contributed by atoms with Crippen molar-refractivity contribution in [3.8, 4) is 0 Å². The Kier molecular flexibility index (Phi) is 10.2. The lowest BCUT2D eigenvalue weighted by atomic mass is 9.77. The molecule has 31 heavy (non-hydrogen) atoms. The molecule has 3 aliphatic rings. The summed E-state index contributed by atoms with van der Waals surface area (Å²) in [5.74, 6) is -0.538. The fourth-order valence-corrected chi connectivity index (χ4v) is 5.40. The van der Waals surface area contributed by atoms with Gasteiger partial charge in [0.1, 0.15) is 6.04 Å². The molecule has 174 valence electrons. The molecule has 0 aromatic heterocycles. The van der Waals surface area contributed by atoms with Gasteiger partial charge in [0.15, 0.2) is 5.78 Å². The van der Waals surface area contributed by atoms with Crippen LogP contribution < -0.4 is 0 Å². The lowest BCUT2D eigenvalue weighted by molar-refractivity contribution is -0.214. The minimum Gasteiger partial charge on any atom is -0.297 e. The standard InChI is InChI=1S/C26H41NO4/c28-24-18-11-9-7-5-3-1-2-4-6-8-10-14-21-15-12-16-22(20-21)25(29)26(30)27-23(24)17-13-19-31-27/h2,4,21-23H,1,3,5-20H2. The first-order chi connectivity index (χ1) is 15.2. The van der Waals surface area contributed by atoms with Crippen molar-refractivity contribution in [2.24, 2.45) is 11.8 Å². The molecule has 1 aliphatic carbocycles. The third-order valence-electron chi connectivity index (χ3n) is 7.27. The number of hydrogen-bond acceptors (Lipinski definition) is 4. The summed E-state index contributed by atoms with van der Waals surface area (Å²) in [6, 6.07) is -0.580. The van der Waals surface area contributed by atoms with Crippen molar-refractivity contribution in [3.05, 3.63) is 12.2 Å². The van der Waals surface area contributed by atoms with Crippen LogP contribution in [0.25, 0.3) is 0 Å². The van der Waals surface area contributed by atoms with Crippen molar-refractivity contribution in [2.75, 3.05) is 6.61 Å². The average molecular weight is 432 g/mol. The van der Waals surface area contributed by atoms with Gasteiger partial charge in [-0.05, 0) is 63.7 Å². The van der Waals surface area contributed by atoms with Gasteiger partial charge in [0.05, 0.1) is 6.61 Å². The van der Waals surface area contributed by atoms with Gasteiger partial charge in [-0.2, -0.15) is 0 Å². The van der Waals surface area contributed by atoms with E-state index in [1.165, 1.54) is 25.7 Å². The minimum atomic E-state index is -0.584. The lowest BCUT2D eigenvalue weighted by Gasteiger charge is -2.35. The van der Waals surface area contributed by atoms with E-state index in [2.05, 4.69) is 12.2 Å². The fourth-order valence-electron chi connectivity index (χ4n) is 5.40. The van der Waals surface area contributed by atoms with Gasteiger partial charge in [-0.25, -0.2) is 5.06 Å². The first-order valence-corrected chi connectivity index (χ1v) is 12.8. The highest BCUT2D eigenvalue weighted by Gasteiger charge is 2.39. The molecule has 2 fully saturated rings. The second-order valence-corrected chi connectivity index (χ2v) is 9.74. The van der Waals surface area contributed by atoms with Crippen molar-refractivity contribution in [1.82, 2.24) is 5.06 Å². The summed E-state index contributed by atoms with van der Waals surface area (Å²) in [4.78, 5) is 44.5. The van der Waals surface area contributed by atoms with Gasteiger partial charge in [-0.15, -0.1) is 0 Å². The Hall–Kier alpha value is -1.49. The Balaban J connectivity index is 1.64. The number of nitrogens with zero attached hydrogens (tertiary/aromatic N) is 1. The van der Waals surface area contributed by atoms with E-state index in [0.717, 1.165) is 75.7 Å². The summed E-state index contributed by atoms with van der Waals surface area (Å²) in [5.41, 5.74) is 0. The van der Waals surface area contributed by atoms with Gasteiger partial charge in [0.2, 0.25) is 5.78 Å². The quantitative estimate of drug-likeness (QED) is 0.364. The summed E-state index contributed by atoms with van der Waals surface area (Å²) in [6.07, 6.45) is 21.6. The highest BCUT2D eigenvalue weighted by Crippen LogP contribution is 2.34. The number of Topliss-reactive ketones (excluding diaryl/α,β-unsaturated/α-hetero) is 2. The second kappa shape index (κ2) is 13.1. The van der Waals surface area contributed by atoms with Gasteiger partial charge in [-0.1, -0.05) is 57.1 Å². The van der Waals surface area contributed by atoms with Crippen LogP contribution in [0.3, 0.4) is 0 Å². The summed E-state index contributed by atoms with van der Waals surface area (Å²) >= 11 is 0. The third-order valence-corrected chi connectivity index (χ3v) is 7.27. The van der Waals surface area contributed by atoms with Crippen molar-refractivity contribution < 1.29 is 19.2 Å². The summed E-state index contributed by atoms with van der Waals surface area (Å²) in [7, 11) is 0. The number of carbonyl (C=O) groups excluding carboxylic acids is 3. The van der Waals surface area contributed by atoms with Crippen molar-refractivity contribution >= 4 is 17.5 Å². The zero-order valence-corrected chi connectivity index (χ0v) is 19.2. The summed E-state index contributed by atoms with van der Waals surface area (Å²) in [6.45, 7) is 0.407. The molecule has 3 rings (SSSR count). The molecule has 3 unspecified atom stereocenters. The second-order valence-electron chi connectivity index (χ2n) is 9.74. The predicted molar refractivity (Wildman–Crippen MR) is 121 cm³/mol. The van der Waals surface area contributed by atoms with E-state index >= 15 is 0 Å². The molecule has 2 bridgehead atoms. The Morgan fingerprint density at radius 2 is 1.45 bits per heavy atom. The maximum atomic E-state index is 13.0. The van der Waals surface area contributed by atoms with Crippen molar-refractivity contribution in [1.29, 1.82) is 0 Å². The molecular formula is C26H41NO4. The molecule has 1 saturated heterocycles. The third kappa shape index (κ3) is 7.55. The van der Waals surface area contributed by atoms with Crippen LogP contribution in [0.1, 0.15) is 109 Å². The van der Waals surface area contributed by atoms with Crippen molar-refractivity contribution in [3.63, 3.8) is 0 Å². The molecule has 0 aromatic carbocycles. The average Bonchev–Trinajstić information content (AvgIpc) is 2.80. The van der Waals surface area contributed by atoms with E-state index in [-0.39, 0.29) is 17.5 Å². The maximum Gasteiger partial charge on any atom is 0.314 e.